The van der Waals surface area contributed by atoms with Crippen LogP contribution in [0.2, 0.25) is 0 Å². The third-order valence-corrected chi connectivity index (χ3v) is 3.62. The first-order valence-electron chi connectivity index (χ1n) is 6.88. The molecule has 1 aromatic rings. The van der Waals surface area contributed by atoms with Crippen LogP contribution in [0.25, 0.3) is 0 Å². The van der Waals surface area contributed by atoms with Gasteiger partial charge in [-0.25, -0.2) is 0 Å². The molecule has 1 heterocycles. The Balaban J connectivity index is 1.96. The van der Waals surface area contributed by atoms with Crippen LogP contribution in [0, 0.1) is 0 Å². The van der Waals surface area contributed by atoms with E-state index in [9.17, 15) is 4.79 Å². The summed E-state index contributed by atoms with van der Waals surface area (Å²) >= 11 is 0. The van der Waals surface area contributed by atoms with Crippen LogP contribution in [0.4, 0.5) is 5.69 Å². The molecule has 1 fully saturated rings. The number of hydrogen-bond donors (Lipinski definition) is 1. The molecule has 1 saturated heterocycles. The Labute approximate surface area is 114 Å². The number of esters is 1. The highest BCUT2D eigenvalue weighted by Gasteiger charge is 2.15. The minimum atomic E-state index is -0.578. The Hall–Kier alpha value is -1.55. The Bertz CT molecular complexity index is 411. The summed E-state index contributed by atoms with van der Waals surface area (Å²) in [6.07, 6.45) is 4.40. The molecule has 0 amide bonds. The Morgan fingerprint density at radius 2 is 1.89 bits per heavy atom. The molecular formula is C15H22N2O2. The number of ether oxygens (including phenoxy) is 1. The molecule has 19 heavy (non-hydrogen) atoms. The van der Waals surface area contributed by atoms with E-state index in [2.05, 4.69) is 21.8 Å². The molecule has 0 aromatic heterocycles. The maximum Gasteiger partial charge on any atom is 0.322 e. The van der Waals surface area contributed by atoms with Crippen molar-refractivity contribution in [2.75, 3.05) is 25.1 Å². The van der Waals surface area contributed by atoms with Gasteiger partial charge >= 0.3 is 5.97 Å². The zero-order valence-corrected chi connectivity index (χ0v) is 11.5. The standard InChI is InChI=1S/C15H22N2O2/c1-19-15(18)14(16)11-12-5-7-13(8-6-12)17-9-3-2-4-10-17/h5-8,14H,2-4,9-11,16H2,1H3. The maximum atomic E-state index is 11.3. The molecular weight excluding hydrogens is 240 g/mol. The average Bonchev–Trinajstić information content (AvgIpc) is 2.48. The smallest absolute Gasteiger partial charge is 0.322 e. The van der Waals surface area contributed by atoms with Crippen molar-refractivity contribution in [2.45, 2.75) is 31.7 Å². The highest BCUT2D eigenvalue weighted by atomic mass is 16.5. The quantitative estimate of drug-likeness (QED) is 0.839. The topological polar surface area (TPSA) is 55.6 Å². The lowest BCUT2D eigenvalue weighted by molar-refractivity contribution is -0.142. The third-order valence-electron chi connectivity index (χ3n) is 3.62. The lowest BCUT2D eigenvalue weighted by Crippen LogP contribution is -2.33. The van der Waals surface area contributed by atoms with Gasteiger partial charge in [-0.2, -0.15) is 0 Å². The number of piperidine rings is 1. The number of carbonyl (C=O) groups is 1. The predicted octanol–water partition coefficient (Wildman–Crippen LogP) is 1.72. The van der Waals surface area contributed by atoms with Crippen LogP contribution >= 0.6 is 0 Å². The molecule has 0 bridgehead atoms. The van der Waals surface area contributed by atoms with Gasteiger partial charge in [0.15, 0.2) is 0 Å². The number of hydrogen-bond acceptors (Lipinski definition) is 4. The summed E-state index contributed by atoms with van der Waals surface area (Å²) in [5, 5.41) is 0. The van der Waals surface area contributed by atoms with Crippen molar-refractivity contribution in [3.05, 3.63) is 29.8 Å². The van der Waals surface area contributed by atoms with E-state index >= 15 is 0 Å². The zero-order chi connectivity index (χ0) is 13.7. The normalized spacial score (nSPS) is 17.1. The van der Waals surface area contributed by atoms with E-state index in [1.165, 1.54) is 32.1 Å². The van der Waals surface area contributed by atoms with Crippen molar-refractivity contribution in [1.82, 2.24) is 0 Å². The summed E-state index contributed by atoms with van der Waals surface area (Å²) in [7, 11) is 1.36. The molecule has 1 aliphatic heterocycles. The monoisotopic (exact) mass is 262 g/mol. The molecule has 2 rings (SSSR count). The fourth-order valence-electron chi connectivity index (χ4n) is 2.48. The minimum absolute atomic E-state index is 0.361. The van der Waals surface area contributed by atoms with Gasteiger partial charge in [0.25, 0.3) is 0 Å². The lowest BCUT2D eigenvalue weighted by atomic mass is 10.0. The fourth-order valence-corrected chi connectivity index (χ4v) is 2.48. The number of methoxy groups -OCH3 is 1. The fraction of sp³-hybridized carbons (Fsp3) is 0.533. The van der Waals surface area contributed by atoms with Gasteiger partial charge in [-0.1, -0.05) is 12.1 Å². The zero-order valence-electron chi connectivity index (χ0n) is 11.5. The summed E-state index contributed by atoms with van der Waals surface area (Å²) < 4.78 is 4.63. The molecule has 1 atom stereocenters. The van der Waals surface area contributed by atoms with E-state index in [0.717, 1.165) is 18.7 Å². The van der Waals surface area contributed by atoms with Crippen LogP contribution in [0.5, 0.6) is 0 Å². The first-order chi connectivity index (χ1) is 9.20. The molecule has 2 N–H and O–H groups in total. The van der Waals surface area contributed by atoms with E-state index < -0.39 is 6.04 Å². The lowest BCUT2D eigenvalue weighted by Gasteiger charge is -2.28. The van der Waals surface area contributed by atoms with Crippen LogP contribution in [0.15, 0.2) is 24.3 Å². The predicted molar refractivity (Wildman–Crippen MR) is 76.2 cm³/mol. The van der Waals surface area contributed by atoms with Gasteiger partial charge in [-0.15, -0.1) is 0 Å². The summed E-state index contributed by atoms with van der Waals surface area (Å²) in [5.41, 5.74) is 8.08. The minimum Gasteiger partial charge on any atom is -0.468 e. The average molecular weight is 262 g/mol. The molecule has 1 unspecified atom stereocenters. The molecule has 0 saturated carbocycles. The summed E-state index contributed by atoms with van der Waals surface area (Å²) in [5.74, 6) is -0.361. The van der Waals surface area contributed by atoms with Crippen molar-refractivity contribution in [1.29, 1.82) is 0 Å². The Kier molecular flexibility index (Phi) is 4.80. The molecule has 1 aliphatic rings. The number of anilines is 1. The SMILES string of the molecule is COC(=O)C(N)Cc1ccc(N2CCCCC2)cc1. The van der Waals surface area contributed by atoms with Crippen LogP contribution in [0.3, 0.4) is 0 Å². The molecule has 1 aromatic carbocycles. The van der Waals surface area contributed by atoms with E-state index in [4.69, 9.17) is 5.73 Å². The van der Waals surface area contributed by atoms with Crippen LogP contribution < -0.4 is 10.6 Å². The van der Waals surface area contributed by atoms with Gasteiger partial charge < -0.3 is 15.4 Å². The molecule has 104 valence electrons. The number of carbonyl (C=O) groups excluding carboxylic acids is 1. The molecule has 0 spiro atoms. The van der Waals surface area contributed by atoms with Crippen molar-refractivity contribution in [3.8, 4) is 0 Å². The van der Waals surface area contributed by atoms with E-state index in [-0.39, 0.29) is 5.97 Å². The van der Waals surface area contributed by atoms with Crippen LogP contribution in [0.1, 0.15) is 24.8 Å². The highest BCUT2D eigenvalue weighted by molar-refractivity contribution is 5.75. The first-order valence-corrected chi connectivity index (χ1v) is 6.88. The number of benzene rings is 1. The van der Waals surface area contributed by atoms with E-state index in [1.54, 1.807) is 0 Å². The van der Waals surface area contributed by atoms with Gasteiger partial charge in [0.1, 0.15) is 6.04 Å². The van der Waals surface area contributed by atoms with Crippen LogP contribution in [-0.4, -0.2) is 32.2 Å². The Morgan fingerprint density at radius 3 is 2.47 bits per heavy atom. The highest BCUT2D eigenvalue weighted by Crippen LogP contribution is 2.20. The molecule has 0 aliphatic carbocycles. The van der Waals surface area contributed by atoms with Crippen molar-refractivity contribution in [2.24, 2.45) is 5.73 Å². The Morgan fingerprint density at radius 1 is 1.26 bits per heavy atom. The second kappa shape index (κ2) is 6.57. The third kappa shape index (κ3) is 3.70. The summed E-state index contributed by atoms with van der Waals surface area (Å²) in [4.78, 5) is 13.7. The maximum absolute atomic E-state index is 11.3. The van der Waals surface area contributed by atoms with Gasteiger partial charge in [-0.3, -0.25) is 4.79 Å². The first kappa shape index (κ1) is 13.9. The summed E-state index contributed by atoms with van der Waals surface area (Å²) in [6.45, 7) is 2.28. The van der Waals surface area contributed by atoms with Gasteiger partial charge in [0, 0.05) is 18.8 Å². The summed E-state index contributed by atoms with van der Waals surface area (Å²) in [6, 6.07) is 7.75. The second-order valence-corrected chi connectivity index (χ2v) is 5.05. The molecule has 0 radical (unpaired) electrons. The number of nitrogens with two attached hydrogens (primary N) is 1. The van der Waals surface area contributed by atoms with Gasteiger partial charge in [0.05, 0.1) is 7.11 Å². The number of rotatable bonds is 4. The van der Waals surface area contributed by atoms with E-state index in [0.29, 0.717) is 6.42 Å². The molecule has 4 heteroatoms. The van der Waals surface area contributed by atoms with Gasteiger partial charge in [-0.05, 0) is 43.4 Å². The van der Waals surface area contributed by atoms with Crippen LogP contribution in [-0.2, 0) is 16.0 Å². The van der Waals surface area contributed by atoms with Gasteiger partial charge in [0.2, 0.25) is 0 Å². The number of nitrogens with zero attached hydrogens (tertiary/aromatic N) is 1. The second-order valence-electron chi connectivity index (χ2n) is 5.05. The van der Waals surface area contributed by atoms with E-state index in [1.807, 2.05) is 12.1 Å². The van der Waals surface area contributed by atoms with Crippen molar-refractivity contribution < 1.29 is 9.53 Å². The van der Waals surface area contributed by atoms with Crippen molar-refractivity contribution in [3.63, 3.8) is 0 Å². The van der Waals surface area contributed by atoms with Crippen molar-refractivity contribution >= 4 is 11.7 Å². The largest absolute Gasteiger partial charge is 0.468 e. The molecule has 4 nitrogen and oxygen atoms in total.